The summed E-state index contributed by atoms with van der Waals surface area (Å²) in [5, 5.41) is 2.67. The van der Waals surface area contributed by atoms with Crippen molar-refractivity contribution in [1.82, 2.24) is 15.2 Å². The van der Waals surface area contributed by atoms with Crippen molar-refractivity contribution in [3.63, 3.8) is 0 Å². The molecule has 0 saturated heterocycles. The highest BCUT2D eigenvalue weighted by Gasteiger charge is 2.25. The number of halogens is 1. The molecule has 2 amide bonds. The summed E-state index contributed by atoms with van der Waals surface area (Å²) in [6, 6.07) is -0.222. The standard InChI is InChI=1S/C14H21BBrN3O3S/c1-6-19(11(20)9-10(15)23-12(16)18-9)8(2)7-17-13(21)22-14(3,4)5/h8H,6-7H2,1-5H3,(H,17,21)/t8-/m0/s1. The largest absolute Gasteiger partial charge is 0.444 e. The zero-order valence-corrected chi connectivity index (χ0v) is 16.4. The Balaban J connectivity index is 2.68. The Hall–Kier alpha value is -1.09. The summed E-state index contributed by atoms with van der Waals surface area (Å²) in [7, 11) is 5.82. The Labute approximate surface area is 150 Å². The minimum atomic E-state index is -0.561. The number of rotatable bonds is 5. The fraction of sp³-hybridized carbons (Fsp3) is 0.643. The number of nitrogens with zero attached hydrogens (tertiary/aromatic N) is 2. The van der Waals surface area contributed by atoms with Crippen LogP contribution in [0.25, 0.3) is 0 Å². The third kappa shape index (κ3) is 6.14. The van der Waals surface area contributed by atoms with Crippen LogP contribution in [0, 0.1) is 0 Å². The quantitative estimate of drug-likeness (QED) is 0.766. The first-order chi connectivity index (χ1) is 10.5. The fourth-order valence-electron chi connectivity index (χ4n) is 1.90. The molecule has 0 aliphatic heterocycles. The minimum Gasteiger partial charge on any atom is -0.444 e. The van der Waals surface area contributed by atoms with Gasteiger partial charge in [-0.3, -0.25) is 4.79 Å². The van der Waals surface area contributed by atoms with E-state index in [1.807, 2.05) is 13.8 Å². The van der Waals surface area contributed by atoms with Gasteiger partial charge >= 0.3 is 6.09 Å². The van der Waals surface area contributed by atoms with E-state index in [-0.39, 0.29) is 24.2 Å². The minimum absolute atomic E-state index is 0.222. The van der Waals surface area contributed by atoms with Gasteiger partial charge in [0, 0.05) is 19.1 Å². The van der Waals surface area contributed by atoms with Gasteiger partial charge in [-0.1, -0.05) is 0 Å². The van der Waals surface area contributed by atoms with E-state index in [1.165, 1.54) is 11.3 Å². The molecule has 126 valence electrons. The van der Waals surface area contributed by atoms with Crippen molar-refractivity contribution in [3.8, 4) is 0 Å². The normalized spacial score (nSPS) is 12.6. The van der Waals surface area contributed by atoms with Gasteiger partial charge in [0.2, 0.25) is 0 Å². The molecule has 1 aromatic rings. The second-order valence-corrected chi connectivity index (χ2v) is 8.31. The molecule has 6 nitrogen and oxygen atoms in total. The van der Waals surface area contributed by atoms with Crippen LogP contribution in [0.4, 0.5) is 4.79 Å². The summed E-state index contributed by atoms with van der Waals surface area (Å²) < 4.78 is 6.11. The van der Waals surface area contributed by atoms with Crippen molar-refractivity contribution in [2.24, 2.45) is 0 Å². The highest BCUT2D eigenvalue weighted by molar-refractivity contribution is 9.11. The summed E-state index contributed by atoms with van der Waals surface area (Å²) in [6.07, 6.45) is -0.510. The van der Waals surface area contributed by atoms with Crippen LogP contribution in [0.1, 0.15) is 45.1 Å². The van der Waals surface area contributed by atoms with E-state index in [1.54, 1.807) is 25.7 Å². The van der Waals surface area contributed by atoms with Crippen LogP contribution in [-0.4, -0.2) is 54.5 Å². The Morgan fingerprint density at radius 3 is 2.52 bits per heavy atom. The van der Waals surface area contributed by atoms with Crippen molar-refractivity contribution in [2.45, 2.75) is 46.3 Å². The second-order valence-electron chi connectivity index (χ2n) is 6.00. The summed E-state index contributed by atoms with van der Waals surface area (Å²) in [5.41, 5.74) is -0.331. The van der Waals surface area contributed by atoms with Crippen LogP contribution >= 0.6 is 27.3 Å². The molecule has 0 saturated carbocycles. The van der Waals surface area contributed by atoms with E-state index >= 15 is 0 Å². The number of alkyl carbamates (subject to hydrolysis) is 1. The molecule has 0 unspecified atom stereocenters. The number of hydrogen-bond acceptors (Lipinski definition) is 5. The average Bonchev–Trinajstić information content (AvgIpc) is 2.74. The molecule has 0 fully saturated rings. The fourth-order valence-corrected chi connectivity index (χ4v) is 3.15. The zero-order valence-electron chi connectivity index (χ0n) is 14.0. The highest BCUT2D eigenvalue weighted by Crippen LogP contribution is 2.15. The molecule has 1 rings (SSSR count). The monoisotopic (exact) mass is 401 g/mol. The second kappa shape index (κ2) is 8.14. The van der Waals surface area contributed by atoms with Crippen molar-refractivity contribution >= 4 is 51.9 Å². The molecule has 9 heteroatoms. The maximum Gasteiger partial charge on any atom is 0.407 e. The van der Waals surface area contributed by atoms with E-state index in [2.05, 4.69) is 26.2 Å². The Morgan fingerprint density at radius 1 is 1.48 bits per heavy atom. The maximum absolute atomic E-state index is 12.6. The van der Waals surface area contributed by atoms with Crippen LogP contribution in [0.15, 0.2) is 3.92 Å². The SMILES string of the molecule is [B]c1sc(Br)nc1C(=O)N(CC)[C@@H](C)CNC(=O)OC(C)(C)C. The lowest BCUT2D eigenvalue weighted by molar-refractivity contribution is 0.0493. The molecular formula is C14H21BBrN3O3S. The van der Waals surface area contributed by atoms with Gasteiger partial charge in [-0.15, -0.1) is 11.3 Å². The Morgan fingerprint density at radius 2 is 2.09 bits per heavy atom. The molecular weight excluding hydrogens is 381 g/mol. The number of likely N-dealkylation sites (N-methyl/N-ethyl adjacent to an activating group) is 1. The molecule has 2 radical (unpaired) electrons. The topological polar surface area (TPSA) is 71.5 Å². The Kier molecular flexibility index (Phi) is 7.07. The van der Waals surface area contributed by atoms with Gasteiger partial charge in [-0.05, 0) is 55.3 Å². The number of aromatic nitrogens is 1. The molecule has 0 bridgehead atoms. The van der Waals surface area contributed by atoms with Crippen LogP contribution in [0.3, 0.4) is 0 Å². The number of carbonyl (C=O) groups is 2. The molecule has 1 aromatic heterocycles. The summed E-state index contributed by atoms with van der Waals surface area (Å²) >= 11 is 4.43. The van der Waals surface area contributed by atoms with Gasteiger partial charge in [-0.2, -0.15) is 0 Å². The van der Waals surface area contributed by atoms with Crippen molar-refractivity contribution in [3.05, 3.63) is 9.61 Å². The van der Waals surface area contributed by atoms with Gasteiger partial charge in [0.25, 0.3) is 5.91 Å². The number of ether oxygens (including phenoxy) is 1. The average molecular weight is 402 g/mol. The van der Waals surface area contributed by atoms with Crippen LogP contribution < -0.4 is 10.1 Å². The van der Waals surface area contributed by atoms with Gasteiger partial charge in [0.05, 0.1) is 0 Å². The van der Waals surface area contributed by atoms with E-state index in [4.69, 9.17) is 12.6 Å². The van der Waals surface area contributed by atoms with E-state index < -0.39 is 11.7 Å². The summed E-state index contributed by atoms with van der Waals surface area (Å²) in [6.45, 7) is 9.84. The number of nitrogens with one attached hydrogen (secondary N) is 1. The lowest BCUT2D eigenvalue weighted by Crippen LogP contribution is -2.47. The van der Waals surface area contributed by atoms with Gasteiger partial charge in [0.1, 0.15) is 19.1 Å². The van der Waals surface area contributed by atoms with Crippen molar-refractivity contribution in [2.75, 3.05) is 13.1 Å². The lowest BCUT2D eigenvalue weighted by Gasteiger charge is -2.28. The van der Waals surface area contributed by atoms with Crippen LogP contribution in [-0.2, 0) is 4.74 Å². The van der Waals surface area contributed by atoms with Crippen molar-refractivity contribution < 1.29 is 14.3 Å². The lowest BCUT2D eigenvalue weighted by atomic mass is 10.0. The van der Waals surface area contributed by atoms with Crippen LogP contribution in [0.5, 0.6) is 0 Å². The predicted molar refractivity (Wildman–Crippen MR) is 95.6 cm³/mol. The van der Waals surface area contributed by atoms with Crippen LogP contribution in [0.2, 0.25) is 0 Å². The number of amides is 2. The molecule has 1 atom stereocenters. The number of thiazole rings is 1. The predicted octanol–water partition coefficient (Wildman–Crippen LogP) is 2.07. The molecule has 1 heterocycles. The zero-order chi connectivity index (χ0) is 17.8. The molecule has 23 heavy (non-hydrogen) atoms. The number of carbonyl (C=O) groups excluding carboxylic acids is 2. The third-order valence-corrected chi connectivity index (χ3v) is 4.24. The number of hydrogen-bond donors (Lipinski definition) is 1. The van der Waals surface area contributed by atoms with Gasteiger partial charge in [0.15, 0.2) is 3.92 Å². The third-order valence-electron chi connectivity index (χ3n) is 2.90. The highest BCUT2D eigenvalue weighted by atomic mass is 79.9. The van der Waals surface area contributed by atoms with E-state index in [0.29, 0.717) is 15.2 Å². The maximum atomic E-state index is 12.6. The smallest absolute Gasteiger partial charge is 0.407 e. The molecule has 0 aliphatic carbocycles. The summed E-state index contributed by atoms with van der Waals surface area (Å²) in [4.78, 5) is 30.0. The first-order valence-electron chi connectivity index (χ1n) is 7.24. The molecule has 0 spiro atoms. The molecule has 0 aliphatic rings. The van der Waals surface area contributed by atoms with E-state index in [0.717, 1.165) is 0 Å². The van der Waals surface area contributed by atoms with Gasteiger partial charge in [-0.25, -0.2) is 9.78 Å². The first kappa shape index (κ1) is 20.0. The van der Waals surface area contributed by atoms with Gasteiger partial charge < -0.3 is 15.0 Å². The Bertz CT molecular complexity index is 574. The first-order valence-corrected chi connectivity index (χ1v) is 8.85. The molecule has 1 N–H and O–H groups in total. The molecule has 0 aromatic carbocycles. The van der Waals surface area contributed by atoms with E-state index in [9.17, 15) is 9.59 Å². The van der Waals surface area contributed by atoms with Crippen molar-refractivity contribution in [1.29, 1.82) is 0 Å². The summed E-state index contributed by atoms with van der Waals surface area (Å²) in [5.74, 6) is -0.259.